The van der Waals surface area contributed by atoms with E-state index in [-0.39, 0.29) is 5.91 Å². The zero-order valence-electron chi connectivity index (χ0n) is 15.8. The van der Waals surface area contributed by atoms with Crippen LogP contribution in [0.2, 0.25) is 0 Å². The summed E-state index contributed by atoms with van der Waals surface area (Å²) in [6.07, 6.45) is 3.48. The third-order valence-electron chi connectivity index (χ3n) is 4.66. The number of pyridine rings is 1. The van der Waals surface area contributed by atoms with E-state index < -0.39 is 0 Å². The molecular weight excluding hydrogens is 378 g/mol. The molecule has 0 spiro atoms. The Morgan fingerprint density at radius 3 is 2.71 bits per heavy atom. The van der Waals surface area contributed by atoms with Crippen LogP contribution < -0.4 is 4.90 Å². The summed E-state index contributed by atoms with van der Waals surface area (Å²) in [5.41, 5.74) is 1.63. The van der Waals surface area contributed by atoms with Gasteiger partial charge in [-0.05, 0) is 30.1 Å². The van der Waals surface area contributed by atoms with Gasteiger partial charge in [-0.1, -0.05) is 23.0 Å². The summed E-state index contributed by atoms with van der Waals surface area (Å²) < 4.78 is 8.97. The van der Waals surface area contributed by atoms with Crippen molar-refractivity contribution in [1.82, 2.24) is 29.6 Å². The highest BCUT2D eigenvalue weighted by Crippen LogP contribution is 2.21. The molecular formula is C18H21N7O2S. The Morgan fingerprint density at radius 1 is 1.25 bits per heavy atom. The van der Waals surface area contributed by atoms with E-state index >= 15 is 0 Å². The Labute approximate surface area is 166 Å². The van der Waals surface area contributed by atoms with Crippen LogP contribution >= 0.6 is 11.5 Å². The van der Waals surface area contributed by atoms with Crippen molar-refractivity contribution in [2.24, 2.45) is 0 Å². The van der Waals surface area contributed by atoms with E-state index in [9.17, 15) is 4.79 Å². The normalized spacial score (nSPS) is 14.5. The molecule has 4 rings (SSSR count). The second-order valence-corrected chi connectivity index (χ2v) is 7.37. The number of carbonyl (C=O) groups excluding carboxylic acids is 1. The molecule has 9 nitrogen and oxygen atoms in total. The number of anilines is 1. The van der Waals surface area contributed by atoms with Crippen molar-refractivity contribution < 1.29 is 9.32 Å². The molecule has 28 heavy (non-hydrogen) atoms. The van der Waals surface area contributed by atoms with Crippen LogP contribution in [0.3, 0.4) is 0 Å². The number of rotatable bonds is 5. The first kappa shape index (κ1) is 18.5. The van der Waals surface area contributed by atoms with Crippen molar-refractivity contribution in [3.63, 3.8) is 0 Å². The van der Waals surface area contributed by atoms with Crippen LogP contribution in [-0.2, 0) is 6.42 Å². The number of hydrogen-bond donors (Lipinski definition) is 0. The van der Waals surface area contributed by atoms with E-state index in [0.29, 0.717) is 29.7 Å². The number of piperazine rings is 1. The molecule has 146 valence electrons. The van der Waals surface area contributed by atoms with Crippen LogP contribution in [0.4, 0.5) is 5.82 Å². The van der Waals surface area contributed by atoms with Gasteiger partial charge in [0.05, 0.1) is 5.69 Å². The summed E-state index contributed by atoms with van der Waals surface area (Å²) >= 11 is 1.19. The largest absolute Gasteiger partial charge is 0.353 e. The first-order valence-corrected chi connectivity index (χ1v) is 10.0. The maximum atomic E-state index is 12.8. The molecule has 1 saturated heterocycles. The number of hydrogen-bond acceptors (Lipinski definition) is 9. The van der Waals surface area contributed by atoms with E-state index in [1.807, 2.05) is 17.0 Å². The standard InChI is InChI=1S/C18H21N7O2S/c1-3-4-14-16(28-23-21-14)18(26)25-9-7-24(8-10-25)15-6-5-13(11-19-15)17-20-12(2)27-22-17/h5-6,11H,3-4,7-10H2,1-2H3. The van der Waals surface area contributed by atoms with Crippen LogP contribution in [-0.4, -0.2) is 61.7 Å². The molecule has 0 radical (unpaired) electrons. The summed E-state index contributed by atoms with van der Waals surface area (Å²) in [6, 6.07) is 3.88. The molecule has 0 N–H and O–H groups in total. The monoisotopic (exact) mass is 399 g/mol. The van der Waals surface area contributed by atoms with E-state index in [2.05, 4.69) is 36.5 Å². The molecule has 3 aromatic heterocycles. The zero-order chi connectivity index (χ0) is 19.5. The minimum atomic E-state index is 0.0360. The molecule has 0 bridgehead atoms. The lowest BCUT2D eigenvalue weighted by Crippen LogP contribution is -2.49. The highest BCUT2D eigenvalue weighted by molar-refractivity contribution is 7.08. The second-order valence-electron chi connectivity index (χ2n) is 6.62. The quantitative estimate of drug-likeness (QED) is 0.644. The van der Waals surface area contributed by atoms with Gasteiger partial charge in [0.2, 0.25) is 11.7 Å². The Balaban J connectivity index is 1.38. The summed E-state index contributed by atoms with van der Waals surface area (Å²) in [6.45, 7) is 6.59. The molecule has 0 saturated carbocycles. The molecule has 3 aromatic rings. The number of aromatic nitrogens is 5. The van der Waals surface area contributed by atoms with Crippen LogP contribution in [0.1, 0.15) is 34.6 Å². The summed E-state index contributed by atoms with van der Waals surface area (Å²) in [4.78, 5) is 26.3. The zero-order valence-corrected chi connectivity index (χ0v) is 16.6. The molecule has 0 aliphatic carbocycles. The molecule has 0 unspecified atom stereocenters. The third kappa shape index (κ3) is 3.72. The topological polar surface area (TPSA) is 101 Å². The van der Waals surface area contributed by atoms with Gasteiger partial charge in [0.15, 0.2) is 0 Å². The first-order valence-electron chi connectivity index (χ1n) is 9.28. The Bertz CT molecular complexity index is 945. The van der Waals surface area contributed by atoms with Gasteiger partial charge in [-0.15, -0.1) is 5.10 Å². The minimum Gasteiger partial charge on any atom is -0.353 e. The average Bonchev–Trinajstić information content (AvgIpc) is 3.37. The third-order valence-corrected chi connectivity index (χ3v) is 5.42. The minimum absolute atomic E-state index is 0.0360. The van der Waals surface area contributed by atoms with Gasteiger partial charge < -0.3 is 14.3 Å². The van der Waals surface area contributed by atoms with Crippen molar-refractivity contribution in [3.8, 4) is 11.4 Å². The fourth-order valence-electron chi connectivity index (χ4n) is 3.18. The van der Waals surface area contributed by atoms with Gasteiger partial charge in [-0.25, -0.2) is 4.98 Å². The summed E-state index contributed by atoms with van der Waals surface area (Å²) in [7, 11) is 0. The van der Waals surface area contributed by atoms with E-state index in [1.165, 1.54) is 11.5 Å². The van der Waals surface area contributed by atoms with Gasteiger partial charge in [0.25, 0.3) is 5.91 Å². The summed E-state index contributed by atoms with van der Waals surface area (Å²) in [5.74, 6) is 1.97. The molecule has 1 fully saturated rings. The fourth-order valence-corrected chi connectivity index (χ4v) is 3.85. The van der Waals surface area contributed by atoms with Gasteiger partial charge in [0, 0.05) is 44.9 Å². The van der Waals surface area contributed by atoms with Crippen molar-refractivity contribution in [2.45, 2.75) is 26.7 Å². The van der Waals surface area contributed by atoms with E-state index in [1.54, 1.807) is 13.1 Å². The molecule has 0 atom stereocenters. The van der Waals surface area contributed by atoms with E-state index in [4.69, 9.17) is 4.52 Å². The molecule has 0 aromatic carbocycles. The molecule has 4 heterocycles. The van der Waals surface area contributed by atoms with Crippen LogP contribution in [0.15, 0.2) is 22.9 Å². The summed E-state index contributed by atoms with van der Waals surface area (Å²) in [5, 5.41) is 8.01. The number of carbonyl (C=O) groups is 1. The smallest absolute Gasteiger partial charge is 0.267 e. The lowest BCUT2D eigenvalue weighted by atomic mass is 10.2. The van der Waals surface area contributed by atoms with Crippen molar-refractivity contribution in [3.05, 3.63) is 34.8 Å². The second kappa shape index (κ2) is 8.01. The molecule has 1 amide bonds. The fraction of sp³-hybridized carbons (Fsp3) is 0.444. The maximum Gasteiger partial charge on any atom is 0.267 e. The highest BCUT2D eigenvalue weighted by Gasteiger charge is 2.26. The molecule has 10 heteroatoms. The van der Waals surface area contributed by atoms with Crippen molar-refractivity contribution in [2.75, 3.05) is 31.1 Å². The Morgan fingerprint density at radius 2 is 2.07 bits per heavy atom. The molecule has 1 aliphatic rings. The van der Waals surface area contributed by atoms with Crippen LogP contribution in [0.5, 0.6) is 0 Å². The molecule has 1 aliphatic heterocycles. The lowest BCUT2D eigenvalue weighted by Gasteiger charge is -2.35. The van der Waals surface area contributed by atoms with Crippen molar-refractivity contribution >= 4 is 23.3 Å². The van der Waals surface area contributed by atoms with Crippen molar-refractivity contribution in [1.29, 1.82) is 0 Å². The Kier molecular flexibility index (Phi) is 5.29. The predicted molar refractivity (Wildman–Crippen MR) is 104 cm³/mol. The van der Waals surface area contributed by atoms with Gasteiger partial charge in [0.1, 0.15) is 10.7 Å². The average molecular weight is 399 g/mol. The lowest BCUT2D eigenvalue weighted by molar-refractivity contribution is 0.0750. The van der Waals surface area contributed by atoms with Gasteiger partial charge in [-0.3, -0.25) is 4.79 Å². The first-order chi connectivity index (χ1) is 13.7. The van der Waals surface area contributed by atoms with E-state index in [0.717, 1.165) is 43.0 Å². The Hall–Kier alpha value is -2.88. The SMILES string of the molecule is CCCc1nnsc1C(=O)N1CCN(c2ccc(-c3noc(C)n3)cn2)CC1. The number of amides is 1. The van der Waals surface area contributed by atoms with Gasteiger partial charge in [-0.2, -0.15) is 4.98 Å². The number of aryl methyl sites for hydroxylation is 2. The van der Waals surface area contributed by atoms with Crippen LogP contribution in [0.25, 0.3) is 11.4 Å². The van der Waals surface area contributed by atoms with Gasteiger partial charge >= 0.3 is 0 Å². The maximum absolute atomic E-state index is 12.8. The highest BCUT2D eigenvalue weighted by atomic mass is 32.1. The number of nitrogens with zero attached hydrogens (tertiary/aromatic N) is 7. The van der Waals surface area contributed by atoms with Crippen LogP contribution in [0, 0.1) is 6.92 Å². The predicted octanol–water partition coefficient (Wildman–Crippen LogP) is 2.21.